The fraction of sp³-hybridized carbons (Fsp3) is 0.400. The molecule has 0 fully saturated rings. The highest BCUT2D eigenvalue weighted by atomic mass is 35.5. The molecule has 3 N–H and O–H groups in total. The van der Waals surface area contributed by atoms with Crippen molar-refractivity contribution in [3.63, 3.8) is 0 Å². The third-order valence-electron chi connectivity index (χ3n) is 2.28. The molecule has 0 unspecified atom stereocenters. The standard InChI is InChI=1S/C10H15ClN4O/c1-6(2)15(3)10(16)7-4-8(11)13-9(5-7)14-12/h4-6H,12H2,1-3H3,(H,13,14). The minimum Gasteiger partial charge on any atom is -0.339 e. The number of hydrogen-bond donors (Lipinski definition) is 2. The Morgan fingerprint density at radius 3 is 2.69 bits per heavy atom. The summed E-state index contributed by atoms with van der Waals surface area (Å²) in [6.07, 6.45) is 0. The van der Waals surface area contributed by atoms with Crippen molar-refractivity contribution in [2.45, 2.75) is 19.9 Å². The Hall–Kier alpha value is -1.33. The van der Waals surface area contributed by atoms with Gasteiger partial charge in [0.25, 0.3) is 5.91 Å². The molecule has 0 aliphatic heterocycles. The van der Waals surface area contributed by atoms with Gasteiger partial charge in [-0.3, -0.25) is 4.79 Å². The average Bonchev–Trinajstić information content (AvgIpc) is 2.25. The van der Waals surface area contributed by atoms with Crippen LogP contribution in [-0.4, -0.2) is 28.9 Å². The molecule has 0 aliphatic carbocycles. The largest absolute Gasteiger partial charge is 0.339 e. The molecule has 5 nitrogen and oxygen atoms in total. The monoisotopic (exact) mass is 242 g/mol. The smallest absolute Gasteiger partial charge is 0.254 e. The number of nitrogens with one attached hydrogen (secondary N) is 1. The normalized spacial score (nSPS) is 10.4. The lowest BCUT2D eigenvalue weighted by Crippen LogP contribution is -2.33. The van der Waals surface area contributed by atoms with Gasteiger partial charge in [0.2, 0.25) is 0 Å². The van der Waals surface area contributed by atoms with E-state index >= 15 is 0 Å². The number of pyridine rings is 1. The number of rotatable bonds is 3. The van der Waals surface area contributed by atoms with Crippen molar-refractivity contribution >= 4 is 23.3 Å². The fourth-order valence-electron chi connectivity index (χ4n) is 1.13. The molecule has 0 aromatic carbocycles. The number of nitrogen functional groups attached to an aromatic ring is 1. The Morgan fingerprint density at radius 1 is 1.56 bits per heavy atom. The lowest BCUT2D eigenvalue weighted by atomic mass is 10.2. The molecular weight excluding hydrogens is 228 g/mol. The number of hydrogen-bond acceptors (Lipinski definition) is 4. The van der Waals surface area contributed by atoms with E-state index in [0.717, 1.165) is 0 Å². The number of nitrogens with two attached hydrogens (primary N) is 1. The van der Waals surface area contributed by atoms with Crippen LogP contribution in [0.2, 0.25) is 5.15 Å². The van der Waals surface area contributed by atoms with Crippen molar-refractivity contribution in [2.24, 2.45) is 5.84 Å². The van der Waals surface area contributed by atoms with Crippen LogP contribution in [0.5, 0.6) is 0 Å². The molecule has 1 heterocycles. The Kier molecular flexibility index (Phi) is 4.09. The first-order chi connectivity index (χ1) is 7.45. The van der Waals surface area contributed by atoms with Crippen LogP contribution < -0.4 is 11.3 Å². The van der Waals surface area contributed by atoms with Crippen LogP contribution in [0.15, 0.2) is 12.1 Å². The van der Waals surface area contributed by atoms with E-state index in [1.165, 1.54) is 6.07 Å². The highest BCUT2D eigenvalue weighted by Gasteiger charge is 2.15. The first kappa shape index (κ1) is 12.7. The molecule has 0 aliphatic rings. The molecule has 0 bridgehead atoms. The Balaban J connectivity index is 3.04. The second-order valence-corrected chi connectivity index (χ2v) is 4.11. The van der Waals surface area contributed by atoms with Gasteiger partial charge in [-0.1, -0.05) is 11.6 Å². The molecule has 0 saturated carbocycles. The maximum absolute atomic E-state index is 12.0. The van der Waals surface area contributed by atoms with Crippen molar-refractivity contribution in [1.29, 1.82) is 0 Å². The lowest BCUT2D eigenvalue weighted by molar-refractivity contribution is 0.0755. The molecule has 6 heteroatoms. The summed E-state index contributed by atoms with van der Waals surface area (Å²) < 4.78 is 0. The van der Waals surface area contributed by atoms with Gasteiger partial charge in [0.15, 0.2) is 0 Å². The second-order valence-electron chi connectivity index (χ2n) is 3.72. The Labute approximate surface area is 99.6 Å². The van der Waals surface area contributed by atoms with Crippen LogP contribution in [0.25, 0.3) is 0 Å². The maximum Gasteiger partial charge on any atom is 0.254 e. The summed E-state index contributed by atoms with van der Waals surface area (Å²) in [5.41, 5.74) is 2.83. The number of halogens is 1. The van der Waals surface area contributed by atoms with E-state index in [1.54, 1.807) is 18.0 Å². The van der Waals surface area contributed by atoms with Crippen LogP contribution in [0, 0.1) is 0 Å². The van der Waals surface area contributed by atoms with Crippen LogP contribution in [0.1, 0.15) is 24.2 Å². The van der Waals surface area contributed by atoms with Gasteiger partial charge >= 0.3 is 0 Å². The number of anilines is 1. The van der Waals surface area contributed by atoms with E-state index in [1.807, 2.05) is 13.8 Å². The van der Waals surface area contributed by atoms with Crippen LogP contribution in [0.4, 0.5) is 5.82 Å². The van der Waals surface area contributed by atoms with Gasteiger partial charge in [-0.15, -0.1) is 0 Å². The summed E-state index contributed by atoms with van der Waals surface area (Å²) in [6.45, 7) is 3.87. The van der Waals surface area contributed by atoms with Crippen molar-refractivity contribution in [1.82, 2.24) is 9.88 Å². The molecule has 1 amide bonds. The third-order valence-corrected chi connectivity index (χ3v) is 2.48. The van der Waals surface area contributed by atoms with Crippen molar-refractivity contribution in [3.05, 3.63) is 22.8 Å². The lowest BCUT2D eigenvalue weighted by Gasteiger charge is -2.21. The molecule has 1 aromatic heterocycles. The Bertz CT molecular complexity index is 394. The molecule has 16 heavy (non-hydrogen) atoms. The first-order valence-corrected chi connectivity index (χ1v) is 5.25. The summed E-state index contributed by atoms with van der Waals surface area (Å²) in [5, 5.41) is 0.232. The number of aromatic nitrogens is 1. The van der Waals surface area contributed by atoms with Crippen molar-refractivity contribution < 1.29 is 4.79 Å². The highest BCUT2D eigenvalue weighted by molar-refractivity contribution is 6.29. The Morgan fingerprint density at radius 2 is 2.19 bits per heavy atom. The van der Waals surface area contributed by atoms with Gasteiger partial charge in [-0.25, -0.2) is 10.8 Å². The number of hydrazine groups is 1. The predicted octanol–water partition coefficient (Wildman–Crippen LogP) is 1.50. The van der Waals surface area contributed by atoms with E-state index in [9.17, 15) is 4.79 Å². The van der Waals surface area contributed by atoms with Gasteiger partial charge < -0.3 is 10.3 Å². The molecule has 0 atom stereocenters. The molecule has 88 valence electrons. The molecule has 0 radical (unpaired) electrons. The summed E-state index contributed by atoms with van der Waals surface area (Å²) in [5.74, 6) is 5.48. The summed E-state index contributed by atoms with van der Waals surface area (Å²) >= 11 is 5.78. The number of carbonyl (C=O) groups is 1. The van der Waals surface area contributed by atoms with E-state index in [0.29, 0.717) is 11.4 Å². The summed E-state index contributed by atoms with van der Waals surface area (Å²) in [7, 11) is 1.73. The highest BCUT2D eigenvalue weighted by Crippen LogP contribution is 2.15. The van der Waals surface area contributed by atoms with Crippen LogP contribution in [-0.2, 0) is 0 Å². The average molecular weight is 243 g/mol. The minimum atomic E-state index is -0.115. The molecule has 1 rings (SSSR count). The fourth-order valence-corrected chi connectivity index (χ4v) is 1.34. The van der Waals surface area contributed by atoms with Gasteiger partial charge in [-0.2, -0.15) is 0 Å². The predicted molar refractivity (Wildman–Crippen MR) is 64.3 cm³/mol. The number of nitrogens with zero attached hydrogens (tertiary/aromatic N) is 2. The summed E-state index contributed by atoms with van der Waals surface area (Å²) in [4.78, 5) is 17.5. The van der Waals surface area contributed by atoms with Gasteiger partial charge in [0.05, 0.1) is 0 Å². The minimum absolute atomic E-state index is 0.115. The zero-order chi connectivity index (χ0) is 12.3. The van der Waals surface area contributed by atoms with Crippen molar-refractivity contribution in [3.8, 4) is 0 Å². The van der Waals surface area contributed by atoms with E-state index < -0.39 is 0 Å². The van der Waals surface area contributed by atoms with Crippen LogP contribution >= 0.6 is 11.6 Å². The van der Waals surface area contributed by atoms with Gasteiger partial charge in [0.1, 0.15) is 11.0 Å². The van der Waals surface area contributed by atoms with Crippen LogP contribution in [0.3, 0.4) is 0 Å². The quantitative estimate of drug-likeness (QED) is 0.479. The molecular formula is C10H15ClN4O. The molecule has 0 saturated heterocycles. The number of amides is 1. The van der Waals surface area contributed by atoms with E-state index in [4.69, 9.17) is 17.4 Å². The van der Waals surface area contributed by atoms with Gasteiger partial charge in [-0.05, 0) is 26.0 Å². The molecule has 0 spiro atoms. The van der Waals surface area contributed by atoms with E-state index in [-0.39, 0.29) is 17.1 Å². The second kappa shape index (κ2) is 5.14. The maximum atomic E-state index is 12.0. The zero-order valence-corrected chi connectivity index (χ0v) is 10.2. The topological polar surface area (TPSA) is 71.2 Å². The molecule has 1 aromatic rings. The number of carbonyl (C=O) groups excluding carboxylic acids is 1. The SMILES string of the molecule is CC(C)N(C)C(=O)c1cc(Cl)nc(NN)c1. The van der Waals surface area contributed by atoms with E-state index in [2.05, 4.69) is 10.4 Å². The first-order valence-electron chi connectivity index (χ1n) is 4.87. The van der Waals surface area contributed by atoms with Gasteiger partial charge in [0, 0.05) is 18.7 Å². The summed E-state index contributed by atoms with van der Waals surface area (Å²) in [6, 6.07) is 3.20. The third kappa shape index (κ3) is 2.84. The van der Waals surface area contributed by atoms with Crippen molar-refractivity contribution in [2.75, 3.05) is 12.5 Å². The zero-order valence-electron chi connectivity index (χ0n) is 9.49.